The number of anilines is 1. The molecule has 0 heterocycles. The Kier molecular flexibility index (Phi) is 2.39. The highest BCUT2D eigenvalue weighted by Gasteiger charge is 2.18. The molecule has 0 spiro atoms. The summed E-state index contributed by atoms with van der Waals surface area (Å²) in [6.45, 7) is 0. The summed E-state index contributed by atoms with van der Waals surface area (Å²) >= 11 is 0. The monoisotopic (exact) mass is 261 g/mol. The highest BCUT2D eigenvalue weighted by molar-refractivity contribution is 7.87. The van der Waals surface area contributed by atoms with Crippen molar-refractivity contribution in [3.8, 4) is 11.1 Å². The fraction of sp³-hybridized carbons (Fsp3) is 0.0769. The zero-order valence-corrected chi connectivity index (χ0v) is 10.2. The number of nitrogens with one attached hydrogen (secondary N) is 1. The smallest absolute Gasteiger partial charge is 0.269 e. The molecule has 4 nitrogen and oxygen atoms in total. The minimum atomic E-state index is -4.21. The number of hydrogen-bond donors (Lipinski definition) is 2. The summed E-state index contributed by atoms with van der Waals surface area (Å²) in [5.74, 6) is 0. The van der Waals surface area contributed by atoms with E-state index in [4.69, 9.17) is 4.55 Å². The summed E-state index contributed by atoms with van der Waals surface area (Å²) in [4.78, 5) is 0. The Morgan fingerprint density at radius 2 is 1.72 bits per heavy atom. The topological polar surface area (TPSA) is 66.4 Å². The fourth-order valence-electron chi connectivity index (χ4n) is 2.36. The average Bonchev–Trinajstić information content (AvgIpc) is 2.64. The van der Waals surface area contributed by atoms with Crippen LogP contribution >= 0.6 is 0 Å². The van der Waals surface area contributed by atoms with Gasteiger partial charge in [-0.3, -0.25) is 9.27 Å². The van der Waals surface area contributed by atoms with Crippen LogP contribution in [0, 0.1) is 0 Å². The zero-order chi connectivity index (χ0) is 12.8. The maximum absolute atomic E-state index is 10.8. The summed E-state index contributed by atoms with van der Waals surface area (Å²) in [7, 11) is -4.21. The van der Waals surface area contributed by atoms with E-state index in [1.165, 1.54) is 11.1 Å². The Morgan fingerprint density at radius 3 is 2.50 bits per heavy atom. The molecule has 0 fully saturated rings. The molecule has 2 aromatic rings. The zero-order valence-electron chi connectivity index (χ0n) is 9.42. The third-order valence-corrected chi connectivity index (χ3v) is 3.53. The lowest BCUT2D eigenvalue weighted by Crippen LogP contribution is -2.10. The van der Waals surface area contributed by atoms with E-state index in [1.54, 1.807) is 12.1 Å². The second-order valence-corrected chi connectivity index (χ2v) is 5.44. The van der Waals surface area contributed by atoms with Crippen LogP contribution in [0.3, 0.4) is 0 Å². The maximum Gasteiger partial charge on any atom is 0.357 e. The van der Waals surface area contributed by atoms with E-state index >= 15 is 0 Å². The van der Waals surface area contributed by atoms with Gasteiger partial charge in [0.05, 0.1) is 5.69 Å². The van der Waals surface area contributed by atoms with Gasteiger partial charge < -0.3 is 0 Å². The largest absolute Gasteiger partial charge is 0.357 e. The minimum absolute atomic E-state index is 0.379. The lowest BCUT2D eigenvalue weighted by atomic mass is 10.1. The highest BCUT2D eigenvalue weighted by atomic mass is 32.2. The second-order valence-electron chi connectivity index (χ2n) is 4.28. The summed E-state index contributed by atoms with van der Waals surface area (Å²) in [6.07, 6.45) is 0.784. The first-order chi connectivity index (χ1) is 8.53. The molecule has 0 saturated heterocycles. The Morgan fingerprint density at radius 1 is 1.00 bits per heavy atom. The van der Waals surface area contributed by atoms with Gasteiger partial charge in [-0.25, -0.2) is 0 Å². The standard InChI is InChI=1S/C13H11NO3S/c15-18(16,17)14-11-5-6-13-10(8-11)7-9-3-1-2-4-12(9)13/h1-6,8,14H,7H2,(H,15,16,17). The van der Waals surface area contributed by atoms with Gasteiger partial charge in [-0.1, -0.05) is 30.3 Å². The van der Waals surface area contributed by atoms with E-state index in [0.717, 1.165) is 17.5 Å². The van der Waals surface area contributed by atoms with Gasteiger partial charge in [0.2, 0.25) is 0 Å². The second kappa shape index (κ2) is 3.83. The van der Waals surface area contributed by atoms with Gasteiger partial charge in [0.1, 0.15) is 0 Å². The van der Waals surface area contributed by atoms with E-state index in [2.05, 4.69) is 16.9 Å². The van der Waals surface area contributed by atoms with Crippen LogP contribution in [0.15, 0.2) is 42.5 Å². The van der Waals surface area contributed by atoms with E-state index in [9.17, 15) is 8.42 Å². The third-order valence-electron chi connectivity index (χ3n) is 3.04. The Bertz CT molecular complexity index is 723. The van der Waals surface area contributed by atoms with Crippen LogP contribution < -0.4 is 4.72 Å². The van der Waals surface area contributed by atoms with Crippen LogP contribution in [0.25, 0.3) is 11.1 Å². The molecule has 5 heteroatoms. The van der Waals surface area contributed by atoms with E-state index in [-0.39, 0.29) is 0 Å². The van der Waals surface area contributed by atoms with Gasteiger partial charge in [-0.2, -0.15) is 8.42 Å². The molecule has 0 unspecified atom stereocenters. The van der Waals surface area contributed by atoms with Crippen molar-refractivity contribution in [1.82, 2.24) is 0 Å². The number of hydrogen-bond acceptors (Lipinski definition) is 2. The highest BCUT2D eigenvalue weighted by Crippen LogP contribution is 2.37. The van der Waals surface area contributed by atoms with Crippen molar-refractivity contribution in [2.24, 2.45) is 0 Å². The molecule has 0 aromatic heterocycles. The molecule has 18 heavy (non-hydrogen) atoms. The molecule has 1 aliphatic rings. The van der Waals surface area contributed by atoms with E-state index in [1.807, 2.05) is 18.2 Å². The molecule has 0 aliphatic heterocycles. The van der Waals surface area contributed by atoms with Crippen LogP contribution in [-0.2, 0) is 16.7 Å². The van der Waals surface area contributed by atoms with Crippen molar-refractivity contribution in [3.05, 3.63) is 53.6 Å². The SMILES string of the molecule is O=S(=O)(O)Nc1ccc2c(c1)Cc1ccccc1-2. The first-order valence-corrected chi connectivity index (χ1v) is 6.93. The molecule has 0 atom stereocenters. The lowest BCUT2D eigenvalue weighted by Gasteiger charge is -2.05. The molecule has 0 amide bonds. The summed E-state index contributed by atoms with van der Waals surface area (Å²) < 4.78 is 32.3. The van der Waals surface area contributed by atoms with E-state index in [0.29, 0.717) is 5.69 Å². The third kappa shape index (κ3) is 1.98. The van der Waals surface area contributed by atoms with Crippen molar-refractivity contribution in [2.75, 3.05) is 4.72 Å². The van der Waals surface area contributed by atoms with Crippen LogP contribution in [0.5, 0.6) is 0 Å². The molecule has 2 N–H and O–H groups in total. The van der Waals surface area contributed by atoms with Crippen molar-refractivity contribution in [2.45, 2.75) is 6.42 Å². The van der Waals surface area contributed by atoms with Crippen molar-refractivity contribution >= 4 is 16.0 Å². The molecule has 3 rings (SSSR count). The van der Waals surface area contributed by atoms with Gasteiger partial charge in [0.15, 0.2) is 0 Å². The van der Waals surface area contributed by atoms with Crippen molar-refractivity contribution in [3.63, 3.8) is 0 Å². The van der Waals surface area contributed by atoms with Crippen molar-refractivity contribution in [1.29, 1.82) is 0 Å². The van der Waals surface area contributed by atoms with Crippen LogP contribution in [-0.4, -0.2) is 13.0 Å². The van der Waals surface area contributed by atoms with Gasteiger partial charge in [-0.05, 0) is 40.8 Å². The lowest BCUT2D eigenvalue weighted by molar-refractivity contribution is 0.490. The molecule has 92 valence electrons. The molecular formula is C13H11NO3S. The summed E-state index contributed by atoms with van der Waals surface area (Å²) in [5, 5.41) is 0. The number of fused-ring (bicyclic) bond motifs is 3. The maximum atomic E-state index is 10.8. The van der Waals surface area contributed by atoms with Crippen LogP contribution in [0.1, 0.15) is 11.1 Å². The number of rotatable bonds is 2. The molecule has 0 bridgehead atoms. The Labute approximate surface area is 105 Å². The summed E-state index contributed by atoms with van der Waals surface area (Å²) in [6, 6.07) is 13.4. The molecular weight excluding hydrogens is 250 g/mol. The van der Waals surface area contributed by atoms with E-state index < -0.39 is 10.3 Å². The Balaban J connectivity index is 2.03. The predicted octanol–water partition coefficient (Wildman–Crippen LogP) is 2.47. The summed E-state index contributed by atoms with van der Waals surface area (Å²) in [5.41, 5.74) is 4.97. The molecule has 0 radical (unpaired) electrons. The first-order valence-electron chi connectivity index (χ1n) is 5.49. The number of benzene rings is 2. The molecule has 0 saturated carbocycles. The molecule has 1 aliphatic carbocycles. The minimum Gasteiger partial charge on any atom is -0.269 e. The first kappa shape index (κ1) is 11.3. The van der Waals surface area contributed by atoms with Gasteiger partial charge in [0.25, 0.3) is 0 Å². The quantitative estimate of drug-likeness (QED) is 0.696. The Hall–Kier alpha value is -1.85. The van der Waals surface area contributed by atoms with Crippen LogP contribution in [0.4, 0.5) is 5.69 Å². The average molecular weight is 261 g/mol. The normalized spacial score (nSPS) is 12.9. The van der Waals surface area contributed by atoms with Crippen LogP contribution in [0.2, 0.25) is 0 Å². The predicted molar refractivity (Wildman–Crippen MR) is 69.9 cm³/mol. The fourth-order valence-corrected chi connectivity index (χ4v) is 2.78. The van der Waals surface area contributed by atoms with Crippen molar-refractivity contribution < 1.29 is 13.0 Å². The molecule has 2 aromatic carbocycles. The van der Waals surface area contributed by atoms with Gasteiger partial charge in [0, 0.05) is 0 Å². The van der Waals surface area contributed by atoms with Gasteiger partial charge in [-0.15, -0.1) is 0 Å². The van der Waals surface area contributed by atoms with Gasteiger partial charge >= 0.3 is 10.3 Å².